The van der Waals surface area contributed by atoms with E-state index < -0.39 is 0 Å². The molecule has 1 N–H and O–H groups in total. The van der Waals surface area contributed by atoms with Crippen LogP contribution < -0.4 is 10.2 Å². The Morgan fingerprint density at radius 3 is 2.56 bits per heavy atom. The topological polar surface area (TPSA) is 32.3 Å². The Hall–Kier alpha value is -1.35. The van der Waals surface area contributed by atoms with E-state index in [1.54, 1.807) is 0 Å². The lowest BCUT2D eigenvalue weighted by Gasteiger charge is -2.21. The molecular weight excluding hydrogens is 224 g/mol. The van der Waals surface area contributed by atoms with E-state index in [0.717, 1.165) is 18.2 Å². The number of nitrogens with zero attached hydrogens (tertiary/aromatic N) is 1. The van der Waals surface area contributed by atoms with Crippen molar-refractivity contribution in [3.63, 3.8) is 0 Å². The van der Waals surface area contributed by atoms with E-state index in [-0.39, 0.29) is 5.91 Å². The van der Waals surface area contributed by atoms with Crippen LogP contribution in [-0.4, -0.2) is 25.5 Å². The third-order valence-electron chi connectivity index (χ3n) is 3.37. The van der Waals surface area contributed by atoms with Crippen LogP contribution in [0.3, 0.4) is 0 Å². The molecule has 0 bridgehead atoms. The van der Waals surface area contributed by atoms with Crippen LogP contribution in [0.4, 0.5) is 5.69 Å². The number of anilines is 1. The maximum absolute atomic E-state index is 12.1. The minimum absolute atomic E-state index is 0.155. The summed E-state index contributed by atoms with van der Waals surface area (Å²) in [5, 5.41) is 3.25. The number of hydrogen-bond donors (Lipinski definition) is 1. The fraction of sp³-hybridized carbons (Fsp3) is 0.533. The monoisotopic (exact) mass is 246 g/mol. The predicted molar refractivity (Wildman–Crippen MR) is 74.8 cm³/mol. The molecule has 3 heteroatoms. The van der Waals surface area contributed by atoms with Gasteiger partial charge in [0.2, 0.25) is 5.91 Å². The molecule has 1 aromatic rings. The van der Waals surface area contributed by atoms with Crippen LogP contribution in [0.1, 0.15) is 25.3 Å². The zero-order chi connectivity index (χ0) is 13.0. The molecule has 1 saturated carbocycles. The first-order chi connectivity index (χ1) is 8.70. The van der Waals surface area contributed by atoms with Crippen LogP contribution in [0, 0.1) is 12.8 Å². The Labute approximate surface area is 109 Å². The number of amides is 1. The first-order valence-electron chi connectivity index (χ1n) is 6.78. The van der Waals surface area contributed by atoms with Crippen LogP contribution >= 0.6 is 0 Å². The van der Waals surface area contributed by atoms with Gasteiger partial charge >= 0.3 is 0 Å². The van der Waals surface area contributed by atoms with Crippen molar-refractivity contribution in [2.75, 3.05) is 24.5 Å². The van der Waals surface area contributed by atoms with Crippen LogP contribution in [0.5, 0.6) is 0 Å². The number of aryl methyl sites for hydroxylation is 1. The lowest BCUT2D eigenvalue weighted by Crippen LogP contribution is -2.38. The lowest BCUT2D eigenvalue weighted by molar-refractivity contribution is -0.117. The first kappa shape index (κ1) is 13.1. The molecule has 2 rings (SSSR count). The standard InChI is InChI=1S/C15H22N2O/c1-3-17(14-8-4-12(2)5-9-14)15(18)11-16-10-13-6-7-13/h4-5,8-9,13,16H,3,6-7,10-11H2,1-2H3. The molecule has 0 spiro atoms. The molecule has 1 aliphatic carbocycles. The highest BCUT2D eigenvalue weighted by Crippen LogP contribution is 2.27. The largest absolute Gasteiger partial charge is 0.312 e. The predicted octanol–water partition coefficient (Wildman–Crippen LogP) is 2.35. The van der Waals surface area contributed by atoms with Crippen LogP contribution in [0.15, 0.2) is 24.3 Å². The number of carbonyl (C=O) groups is 1. The summed E-state index contributed by atoms with van der Waals surface area (Å²) in [4.78, 5) is 14.0. The molecule has 18 heavy (non-hydrogen) atoms. The number of rotatable bonds is 6. The molecular formula is C15H22N2O. The maximum atomic E-state index is 12.1. The molecule has 0 aromatic heterocycles. The summed E-state index contributed by atoms with van der Waals surface area (Å²) in [6.45, 7) is 6.21. The van der Waals surface area contributed by atoms with Crippen molar-refractivity contribution in [1.82, 2.24) is 5.32 Å². The molecule has 1 aromatic carbocycles. The summed E-state index contributed by atoms with van der Waals surface area (Å²) in [5.41, 5.74) is 2.20. The van der Waals surface area contributed by atoms with Gasteiger partial charge in [0.15, 0.2) is 0 Å². The number of carbonyl (C=O) groups excluding carboxylic acids is 1. The smallest absolute Gasteiger partial charge is 0.240 e. The Balaban J connectivity index is 1.89. The molecule has 0 unspecified atom stereocenters. The molecule has 3 nitrogen and oxygen atoms in total. The highest BCUT2D eigenvalue weighted by Gasteiger charge is 2.21. The summed E-state index contributed by atoms with van der Waals surface area (Å²) in [5.74, 6) is 0.967. The van der Waals surface area contributed by atoms with E-state index in [2.05, 4.69) is 12.2 Å². The van der Waals surface area contributed by atoms with Gasteiger partial charge in [-0.05, 0) is 51.3 Å². The summed E-state index contributed by atoms with van der Waals surface area (Å²) < 4.78 is 0. The van der Waals surface area contributed by atoms with E-state index in [1.807, 2.05) is 36.1 Å². The van der Waals surface area contributed by atoms with E-state index in [9.17, 15) is 4.79 Å². The van der Waals surface area contributed by atoms with Gasteiger partial charge in [-0.2, -0.15) is 0 Å². The third kappa shape index (κ3) is 3.57. The average molecular weight is 246 g/mol. The lowest BCUT2D eigenvalue weighted by atomic mass is 10.2. The molecule has 1 fully saturated rings. The maximum Gasteiger partial charge on any atom is 0.240 e. The van der Waals surface area contributed by atoms with E-state index >= 15 is 0 Å². The zero-order valence-electron chi connectivity index (χ0n) is 11.3. The molecule has 1 amide bonds. The molecule has 98 valence electrons. The molecule has 1 aliphatic rings. The van der Waals surface area contributed by atoms with E-state index in [4.69, 9.17) is 0 Å². The van der Waals surface area contributed by atoms with Crippen molar-refractivity contribution in [1.29, 1.82) is 0 Å². The number of hydrogen-bond acceptors (Lipinski definition) is 2. The Morgan fingerprint density at radius 1 is 1.33 bits per heavy atom. The Morgan fingerprint density at radius 2 is 2.00 bits per heavy atom. The van der Waals surface area contributed by atoms with Gasteiger partial charge in [-0.3, -0.25) is 4.79 Å². The number of nitrogens with one attached hydrogen (secondary N) is 1. The van der Waals surface area contributed by atoms with Crippen LogP contribution in [-0.2, 0) is 4.79 Å². The second-order valence-electron chi connectivity index (χ2n) is 5.05. The van der Waals surface area contributed by atoms with Gasteiger partial charge in [0.25, 0.3) is 0 Å². The van der Waals surface area contributed by atoms with Crippen molar-refractivity contribution in [2.45, 2.75) is 26.7 Å². The Kier molecular flexibility index (Phi) is 4.37. The minimum atomic E-state index is 0.155. The van der Waals surface area contributed by atoms with Gasteiger partial charge in [-0.1, -0.05) is 17.7 Å². The second-order valence-corrected chi connectivity index (χ2v) is 5.05. The van der Waals surface area contributed by atoms with E-state index in [1.165, 1.54) is 18.4 Å². The second kappa shape index (κ2) is 6.01. The molecule has 0 radical (unpaired) electrons. The first-order valence-corrected chi connectivity index (χ1v) is 6.78. The number of likely N-dealkylation sites (N-methyl/N-ethyl adjacent to an activating group) is 1. The molecule has 0 saturated heterocycles. The summed E-state index contributed by atoms with van der Waals surface area (Å²) in [7, 11) is 0. The Bertz CT molecular complexity index is 395. The number of benzene rings is 1. The van der Waals surface area contributed by atoms with Crippen molar-refractivity contribution in [2.24, 2.45) is 5.92 Å². The molecule has 0 atom stereocenters. The molecule has 0 aliphatic heterocycles. The minimum Gasteiger partial charge on any atom is -0.312 e. The third-order valence-corrected chi connectivity index (χ3v) is 3.37. The van der Waals surface area contributed by atoms with Crippen LogP contribution in [0.2, 0.25) is 0 Å². The molecule has 0 heterocycles. The fourth-order valence-electron chi connectivity index (χ4n) is 2.03. The van der Waals surface area contributed by atoms with E-state index in [0.29, 0.717) is 13.1 Å². The highest BCUT2D eigenvalue weighted by atomic mass is 16.2. The summed E-state index contributed by atoms with van der Waals surface area (Å²) in [6.07, 6.45) is 2.63. The fourth-order valence-corrected chi connectivity index (χ4v) is 2.03. The van der Waals surface area contributed by atoms with Gasteiger partial charge in [0.1, 0.15) is 0 Å². The van der Waals surface area contributed by atoms with Crippen molar-refractivity contribution >= 4 is 11.6 Å². The van der Waals surface area contributed by atoms with Gasteiger partial charge in [-0.25, -0.2) is 0 Å². The SMILES string of the molecule is CCN(C(=O)CNCC1CC1)c1ccc(C)cc1. The van der Waals surface area contributed by atoms with Crippen molar-refractivity contribution in [3.8, 4) is 0 Å². The van der Waals surface area contributed by atoms with Gasteiger partial charge in [0.05, 0.1) is 6.54 Å². The van der Waals surface area contributed by atoms with Crippen LogP contribution in [0.25, 0.3) is 0 Å². The van der Waals surface area contributed by atoms with Gasteiger partial charge in [-0.15, -0.1) is 0 Å². The normalized spacial score (nSPS) is 14.6. The average Bonchev–Trinajstić information content (AvgIpc) is 3.16. The van der Waals surface area contributed by atoms with Gasteiger partial charge < -0.3 is 10.2 Å². The van der Waals surface area contributed by atoms with Crippen molar-refractivity contribution < 1.29 is 4.79 Å². The van der Waals surface area contributed by atoms with Crippen molar-refractivity contribution in [3.05, 3.63) is 29.8 Å². The summed E-state index contributed by atoms with van der Waals surface area (Å²) >= 11 is 0. The zero-order valence-corrected chi connectivity index (χ0v) is 11.3. The van der Waals surface area contributed by atoms with Gasteiger partial charge in [0, 0.05) is 12.2 Å². The summed E-state index contributed by atoms with van der Waals surface area (Å²) in [6, 6.07) is 8.11. The quantitative estimate of drug-likeness (QED) is 0.835. The highest BCUT2D eigenvalue weighted by molar-refractivity contribution is 5.94.